The average Bonchev–Trinajstić information content (AvgIpc) is 2.98. The van der Waals surface area contributed by atoms with Crippen LogP contribution in [-0.2, 0) is 37.2 Å². The molecule has 1 fully saturated rings. The van der Waals surface area contributed by atoms with E-state index in [4.69, 9.17) is 41.8 Å². The smallest absolute Gasteiger partial charge is 0.403 e. The molecule has 1 aromatic heterocycles. The van der Waals surface area contributed by atoms with E-state index in [1.165, 1.54) is 0 Å². The SMILES string of the molecule is [B]C([B])(OP1(=O)OCc2cc(C)cc(C)c2O1)[C@]1(F)C[C@@H](O)[C@]([B])(n2cc(CO)c(=O)[nH]c2=O)O1. The van der Waals surface area contributed by atoms with Gasteiger partial charge < -0.3 is 19.5 Å². The van der Waals surface area contributed by atoms with Crippen LogP contribution in [0.4, 0.5) is 4.39 Å². The number of benzene rings is 1. The van der Waals surface area contributed by atoms with Gasteiger partial charge in [0.15, 0.2) is 0 Å². The molecule has 3 N–H and O–H groups in total. The third kappa shape index (κ3) is 4.34. The molecule has 1 aromatic carbocycles. The lowest BCUT2D eigenvalue weighted by Crippen LogP contribution is -2.56. The molecule has 1 unspecified atom stereocenters. The fourth-order valence-electron chi connectivity index (χ4n) is 3.96. The molecule has 35 heavy (non-hydrogen) atoms. The lowest BCUT2D eigenvalue weighted by Gasteiger charge is -2.41. The van der Waals surface area contributed by atoms with Gasteiger partial charge in [-0.2, -0.15) is 0 Å². The normalized spacial score (nSPS) is 30.6. The van der Waals surface area contributed by atoms with Gasteiger partial charge in [0.1, 0.15) is 34.9 Å². The number of aliphatic hydroxyl groups excluding tert-OH is 2. The highest BCUT2D eigenvalue weighted by atomic mass is 31.2. The Kier molecular flexibility index (Phi) is 6.27. The third-order valence-corrected chi connectivity index (χ3v) is 7.12. The number of phosphoric acid groups is 1. The van der Waals surface area contributed by atoms with Crippen molar-refractivity contribution in [1.29, 1.82) is 0 Å². The quantitative estimate of drug-likeness (QED) is 0.367. The number of aliphatic hydroxyl groups is 2. The van der Waals surface area contributed by atoms with E-state index in [-0.39, 0.29) is 17.9 Å². The number of nitrogens with zero attached hydrogens (tertiary/aromatic N) is 1. The van der Waals surface area contributed by atoms with Crippen LogP contribution in [0.5, 0.6) is 5.75 Å². The van der Waals surface area contributed by atoms with Crippen molar-refractivity contribution in [3.05, 3.63) is 61.4 Å². The molecule has 0 spiro atoms. The molecule has 0 bridgehead atoms. The molecular formula is C19H19B3FN2O9P. The highest BCUT2D eigenvalue weighted by Gasteiger charge is 2.63. The zero-order chi connectivity index (χ0) is 26.0. The van der Waals surface area contributed by atoms with Crippen LogP contribution in [0, 0.1) is 13.8 Å². The number of hydrogen-bond donors (Lipinski definition) is 3. The Morgan fingerprint density at radius 1 is 1.37 bits per heavy atom. The second kappa shape index (κ2) is 8.46. The van der Waals surface area contributed by atoms with Crippen molar-refractivity contribution in [3.63, 3.8) is 0 Å². The van der Waals surface area contributed by atoms with Crippen molar-refractivity contribution in [3.8, 4) is 5.75 Å². The molecular weight excluding hydrogens is 483 g/mol. The monoisotopic (exact) mass is 502 g/mol. The standard InChI is InChI=1S/C19H19B3FN2O9P/c1-9-3-10(2)14-11(4-9)8-31-35(30,32-14)34-19(21,22)17(23)5-13(27)18(20,33-17)25-6-12(7-26)15(28)24-16(25)29/h3-4,6,13,26-27H,5,7-8H2,1-2H3,(H,24,28,29)/t13-,17+,18+,35?/m1/s1. The van der Waals surface area contributed by atoms with E-state index in [1.54, 1.807) is 19.1 Å². The first-order valence-electron chi connectivity index (χ1n) is 10.3. The molecule has 4 atom stereocenters. The molecule has 2 aromatic rings. The summed E-state index contributed by atoms with van der Waals surface area (Å²) in [7, 11) is 13.0. The maximum Gasteiger partial charge on any atom is 0.529 e. The summed E-state index contributed by atoms with van der Waals surface area (Å²) in [6, 6.07) is 3.49. The minimum atomic E-state index is -4.61. The van der Waals surface area contributed by atoms with Crippen LogP contribution in [0.1, 0.15) is 28.7 Å². The largest absolute Gasteiger partial charge is 0.529 e. The highest BCUT2D eigenvalue weighted by molar-refractivity contribution is 7.49. The first kappa shape index (κ1) is 25.9. The fourth-order valence-corrected chi connectivity index (χ4v) is 5.39. The minimum absolute atomic E-state index is 0.186. The summed E-state index contributed by atoms with van der Waals surface area (Å²) in [4.78, 5) is 25.9. The Morgan fingerprint density at radius 3 is 2.71 bits per heavy atom. The Hall–Kier alpha value is -2.15. The summed E-state index contributed by atoms with van der Waals surface area (Å²) in [5.41, 5.74) is -3.03. The van der Waals surface area contributed by atoms with Gasteiger partial charge in [0, 0.05) is 18.2 Å². The van der Waals surface area contributed by atoms with E-state index < -0.39 is 55.1 Å². The van der Waals surface area contributed by atoms with Gasteiger partial charge in [-0.15, -0.1) is 0 Å². The number of aryl methyl sites for hydroxylation is 2. The van der Waals surface area contributed by atoms with Gasteiger partial charge in [0.05, 0.1) is 30.3 Å². The maximum atomic E-state index is 16.0. The van der Waals surface area contributed by atoms with Crippen LogP contribution >= 0.6 is 7.82 Å². The Balaban J connectivity index is 1.64. The number of alkyl halides is 1. The molecule has 2 aliphatic rings. The van der Waals surface area contributed by atoms with Crippen molar-refractivity contribution in [2.24, 2.45) is 0 Å². The second-order valence-electron chi connectivity index (χ2n) is 8.51. The Labute approximate surface area is 202 Å². The van der Waals surface area contributed by atoms with Gasteiger partial charge in [-0.1, -0.05) is 17.7 Å². The number of hydrogen-bond acceptors (Lipinski definition) is 9. The van der Waals surface area contributed by atoms with Gasteiger partial charge in [0.2, 0.25) is 5.85 Å². The van der Waals surface area contributed by atoms with Crippen molar-refractivity contribution in [2.75, 3.05) is 0 Å². The van der Waals surface area contributed by atoms with Gasteiger partial charge >= 0.3 is 13.5 Å². The van der Waals surface area contributed by atoms with E-state index in [0.717, 1.165) is 11.8 Å². The molecule has 1 saturated heterocycles. The van der Waals surface area contributed by atoms with Gasteiger partial charge in [0.25, 0.3) is 5.56 Å². The number of aromatic nitrogens is 2. The Morgan fingerprint density at radius 2 is 2.06 bits per heavy atom. The molecule has 11 nitrogen and oxygen atoms in total. The number of aromatic amines is 1. The van der Waals surface area contributed by atoms with Gasteiger partial charge in [-0.3, -0.25) is 23.4 Å². The molecule has 180 valence electrons. The average molecular weight is 502 g/mol. The summed E-state index contributed by atoms with van der Waals surface area (Å²) in [5.74, 6) is -3.16. The topological polar surface area (TPSA) is 149 Å². The van der Waals surface area contributed by atoms with E-state index >= 15 is 4.39 Å². The molecule has 0 amide bonds. The Bertz CT molecular complexity index is 1350. The number of ether oxygens (including phenoxy) is 1. The summed E-state index contributed by atoms with van der Waals surface area (Å²) < 4.78 is 50.4. The summed E-state index contributed by atoms with van der Waals surface area (Å²) in [5, 5.41) is 16.7. The van der Waals surface area contributed by atoms with Crippen LogP contribution in [0.25, 0.3) is 0 Å². The van der Waals surface area contributed by atoms with Crippen molar-refractivity contribution in [1.82, 2.24) is 9.55 Å². The summed E-state index contributed by atoms with van der Waals surface area (Å²) in [6.45, 7) is 2.51. The first-order valence-corrected chi connectivity index (χ1v) is 11.7. The predicted molar refractivity (Wildman–Crippen MR) is 121 cm³/mol. The fraction of sp³-hybridized carbons (Fsp3) is 0.474. The van der Waals surface area contributed by atoms with Crippen molar-refractivity contribution < 1.29 is 37.5 Å². The number of phosphoric ester groups is 1. The number of halogens is 1. The van der Waals surface area contributed by atoms with Crippen LogP contribution in [0.3, 0.4) is 0 Å². The zero-order valence-electron chi connectivity index (χ0n) is 18.7. The van der Waals surface area contributed by atoms with Crippen LogP contribution in [-0.4, -0.2) is 60.7 Å². The molecule has 6 radical (unpaired) electrons. The molecule has 0 aliphatic carbocycles. The maximum absolute atomic E-state index is 16.0. The number of nitrogens with one attached hydrogen (secondary N) is 1. The molecule has 3 heterocycles. The van der Waals surface area contributed by atoms with Crippen molar-refractivity contribution in [2.45, 2.75) is 56.5 Å². The zero-order valence-corrected chi connectivity index (χ0v) is 19.6. The lowest BCUT2D eigenvalue weighted by molar-refractivity contribution is -0.219. The first-order chi connectivity index (χ1) is 16.1. The van der Waals surface area contributed by atoms with E-state index in [9.17, 15) is 24.4 Å². The molecule has 4 rings (SSSR count). The van der Waals surface area contributed by atoms with E-state index in [1.807, 2.05) is 11.9 Å². The molecule has 0 saturated carbocycles. The summed E-state index contributed by atoms with van der Waals surface area (Å²) >= 11 is 0. The predicted octanol–water partition coefficient (Wildman–Crippen LogP) is -0.404. The highest BCUT2D eigenvalue weighted by Crippen LogP contribution is 2.59. The summed E-state index contributed by atoms with van der Waals surface area (Å²) in [6.07, 6.45) is -2.24. The lowest BCUT2D eigenvalue weighted by atomic mass is 9.60. The number of rotatable bonds is 5. The number of H-pyrrole nitrogens is 1. The van der Waals surface area contributed by atoms with E-state index in [0.29, 0.717) is 15.7 Å². The van der Waals surface area contributed by atoms with Crippen LogP contribution < -0.4 is 15.8 Å². The van der Waals surface area contributed by atoms with Gasteiger partial charge in [-0.05, 0) is 19.4 Å². The number of fused-ring (bicyclic) bond motifs is 1. The molecule has 16 heteroatoms. The minimum Gasteiger partial charge on any atom is -0.403 e. The third-order valence-electron chi connectivity index (χ3n) is 5.74. The van der Waals surface area contributed by atoms with Crippen LogP contribution in [0.15, 0.2) is 27.9 Å². The van der Waals surface area contributed by atoms with Gasteiger partial charge in [-0.25, -0.2) is 13.8 Å². The second-order valence-corrected chi connectivity index (χ2v) is 10.0. The molecule has 2 aliphatic heterocycles. The van der Waals surface area contributed by atoms with Crippen molar-refractivity contribution >= 4 is 31.4 Å². The van der Waals surface area contributed by atoms with E-state index in [2.05, 4.69) is 0 Å². The van der Waals surface area contributed by atoms with Crippen LogP contribution in [0.2, 0.25) is 0 Å².